The molecule has 9 nitrogen and oxygen atoms in total. The third-order valence-corrected chi connectivity index (χ3v) is 5.55. The van der Waals surface area contributed by atoms with E-state index in [-0.39, 0.29) is 25.4 Å². The minimum Gasteiger partial charge on any atom is -0.497 e. The van der Waals surface area contributed by atoms with Gasteiger partial charge in [-0.3, -0.25) is 19.3 Å². The highest BCUT2D eigenvalue weighted by Gasteiger charge is 2.52. The van der Waals surface area contributed by atoms with Crippen LogP contribution in [0.1, 0.15) is 44.6 Å². The van der Waals surface area contributed by atoms with Crippen LogP contribution in [0.5, 0.6) is 5.75 Å². The average Bonchev–Trinajstić information content (AvgIpc) is 3.30. The Morgan fingerprint density at radius 3 is 2.50 bits per heavy atom. The Hall–Kier alpha value is -3.10. The molecule has 2 aliphatic rings. The van der Waals surface area contributed by atoms with E-state index in [2.05, 4.69) is 10.6 Å². The molecule has 1 spiro atoms. The van der Waals surface area contributed by atoms with Crippen molar-refractivity contribution in [3.05, 3.63) is 29.8 Å². The van der Waals surface area contributed by atoms with Crippen molar-refractivity contribution in [1.29, 1.82) is 0 Å². The molecular formula is C21H27N3O6. The van der Waals surface area contributed by atoms with E-state index in [4.69, 9.17) is 9.47 Å². The molecule has 30 heavy (non-hydrogen) atoms. The smallest absolute Gasteiger partial charge is 0.325 e. The molecule has 9 heteroatoms. The van der Waals surface area contributed by atoms with E-state index < -0.39 is 29.6 Å². The monoisotopic (exact) mass is 417 g/mol. The van der Waals surface area contributed by atoms with Crippen molar-refractivity contribution < 1.29 is 28.7 Å². The summed E-state index contributed by atoms with van der Waals surface area (Å²) in [7, 11) is 1.58. The molecule has 1 aliphatic carbocycles. The van der Waals surface area contributed by atoms with Crippen LogP contribution in [-0.4, -0.2) is 54.0 Å². The number of ether oxygens (including phenoxy) is 2. The van der Waals surface area contributed by atoms with Crippen molar-refractivity contribution in [3.8, 4) is 5.75 Å². The number of hydrogen-bond acceptors (Lipinski definition) is 6. The zero-order valence-corrected chi connectivity index (χ0v) is 17.2. The van der Waals surface area contributed by atoms with Crippen LogP contribution < -0.4 is 15.4 Å². The van der Waals surface area contributed by atoms with Gasteiger partial charge in [0.05, 0.1) is 13.5 Å². The van der Waals surface area contributed by atoms with E-state index in [0.717, 1.165) is 29.1 Å². The van der Waals surface area contributed by atoms with Crippen LogP contribution in [0.3, 0.4) is 0 Å². The summed E-state index contributed by atoms with van der Waals surface area (Å²) in [6.07, 6.45) is 1.90. The molecule has 4 amide bonds. The van der Waals surface area contributed by atoms with Gasteiger partial charge in [0, 0.05) is 13.1 Å². The first-order valence-corrected chi connectivity index (χ1v) is 10.1. The third-order valence-electron chi connectivity index (χ3n) is 5.55. The van der Waals surface area contributed by atoms with Gasteiger partial charge >= 0.3 is 12.0 Å². The van der Waals surface area contributed by atoms with E-state index in [1.165, 1.54) is 6.92 Å². The molecule has 0 aromatic heterocycles. The van der Waals surface area contributed by atoms with Gasteiger partial charge in [-0.25, -0.2) is 4.79 Å². The number of rotatable bonds is 8. The van der Waals surface area contributed by atoms with Gasteiger partial charge in [0.25, 0.3) is 11.8 Å². The number of methoxy groups -OCH3 is 1. The van der Waals surface area contributed by atoms with E-state index >= 15 is 0 Å². The first-order chi connectivity index (χ1) is 14.3. The summed E-state index contributed by atoms with van der Waals surface area (Å²) in [6.45, 7) is 1.70. The molecule has 1 aliphatic heterocycles. The highest BCUT2D eigenvalue weighted by molar-refractivity contribution is 6.07. The van der Waals surface area contributed by atoms with Crippen molar-refractivity contribution in [1.82, 2.24) is 15.5 Å². The van der Waals surface area contributed by atoms with Crippen LogP contribution in [0.25, 0.3) is 0 Å². The fourth-order valence-electron chi connectivity index (χ4n) is 3.79. The summed E-state index contributed by atoms with van der Waals surface area (Å²) in [5, 5.41) is 5.46. The molecular weight excluding hydrogens is 390 g/mol. The minimum atomic E-state index is -0.986. The second-order valence-electron chi connectivity index (χ2n) is 7.62. The van der Waals surface area contributed by atoms with Crippen molar-refractivity contribution >= 4 is 23.8 Å². The maximum absolute atomic E-state index is 12.6. The Morgan fingerprint density at radius 2 is 1.87 bits per heavy atom. The number of amides is 4. The molecule has 0 unspecified atom stereocenters. The number of carbonyl (C=O) groups excluding carboxylic acids is 4. The first kappa shape index (κ1) is 21.6. The zero-order chi connectivity index (χ0) is 21.7. The van der Waals surface area contributed by atoms with E-state index in [1.54, 1.807) is 19.2 Å². The molecule has 1 atom stereocenters. The largest absolute Gasteiger partial charge is 0.497 e. The molecule has 1 saturated carbocycles. The van der Waals surface area contributed by atoms with Gasteiger partial charge in [-0.2, -0.15) is 0 Å². The summed E-state index contributed by atoms with van der Waals surface area (Å²) in [4.78, 5) is 50.0. The number of esters is 1. The number of nitrogens with zero attached hydrogens (tertiary/aromatic N) is 1. The topological polar surface area (TPSA) is 114 Å². The van der Waals surface area contributed by atoms with Gasteiger partial charge in [-0.15, -0.1) is 0 Å². The summed E-state index contributed by atoms with van der Waals surface area (Å²) in [6, 6.07) is 6.75. The molecule has 1 heterocycles. The molecule has 2 N–H and O–H groups in total. The predicted octanol–water partition coefficient (Wildman–Crippen LogP) is 1.50. The lowest BCUT2D eigenvalue weighted by Crippen LogP contribution is -2.44. The lowest BCUT2D eigenvalue weighted by atomic mass is 9.98. The van der Waals surface area contributed by atoms with Gasteiger partial charge in [0.2, 0.25) is 0 Å². The van der Waals surface area contributed by atoms with E-state index in [0.29, 0.717) is 12.8 Å². The number of carbonyl (C=O) groups is 4. The highest BCUT2D eigenvalue weighted by atomic mass is 16.5. The second-order valence-corrected chi connectivity index (χ2v) is 7.62. The summed E-state index contributed by atoms with van der Waals surface area (Å²) in [5.74, 6) is -0.631. The molecule has 162 valence electrons. The average molecular weight is 417 g/mol. The van der Waals surface area contributed by atoms with Crippen LogP contribution in [0, 0.1) is 0 Å². The molecule has 2 fully saturated rings. The SMILES string of the molecule is COc1ccc(CNC(=O)[C@@H](C)OC(=O)CCN2C(=O)NC3(CCCC3)C2=O)cc1. The Bertz CT molecular complexity index is 817. The third kappa shape index (κ3) is 4.72. The molecule has 1 aromatic carbocycles. The molecule has 1 saturated heterocycles. The standard InChI is InChI=1S/C21H27N3O6/c1-14(18(26)22-13-15-5-7-16(29-2)8-6-15)30-17(25)9-12-24-19(27)21(23-20(24)28)10-3-4-11-21/h5-8,14H,3-4,9-13H2,1-2H3,(H,22,26)(H,23,28)/t14-/m1/s1. The molecule has 0 radical (unpaired) electrons. The summed E-state index contributed by atoms with van der Waals surface area (Å²) >= 11 is 0. The van der Waals surface area contributed by atoms with Gasteiger partial charge in [0.15, 0.2) is 6.10 Å². The van der Waals surface area contributed by atoms with Gasteiger partial charge in [0.1, 0.15) is 11.3 Å². The fourth-order valence-corrected chi connectivity index (χ4v) is 3.79. The Labute approximate surface area is 175 Å². The molecule has 3 rings (SSSR count). The Morgan fingerprint density at radius 1 is 1.20 bits per heavy atom. The zero-order valence-electron chi connectivity index (χ0n) is 17.2. The maximum Gasteiger partial charge on any atom is 0.325 e. The minimum absolute atomic E-state index is 0.0641. The summed E-state index contributed by atoms with van der Waals surface area (Å²) in [5.41, 5.74) is 0.0809. The quantitative estimate of drug-likeness (QED) is 0.489. The van der Waals surface area contributed by atoms with Crippen LogP contribution in [0.4, 0.5) is 4.79 Å². The van der Waals surface area contributed by atoms with E-state index in [1.807, 2.05) is 12.1 Å². The number of imide groups is 1. The van der Waals surface area contributed by atoms with Crippen LogP contribution in [-0.2, 0) is 25.7 Å². The van der Waals surface area contributed by atoms with Crippen LogP contribution in [0.2, 0.25) is 0 Å². The lowest BCUT2D eigenvalue weighted by Gasteiger charge is -2.20. The number of benzene rings is 1. The number of hydrogen-bond donors (Lipinski definition) is 2. The van der Waals surface area contributed by atoms with E-state index in [9.17, 15) is 19.2 Å². The van der Waals surface area contributed by atoms with Gasteiger partial charge in [-0.1, -0.05) is 25.0 Å². The van der Waals surface area contributed by atoms with Crippen LogP contribution >= 0.6 is 0 Å². The maximum atomic E-state index is 12.6. The second kappa shape index (κ2) is 9.15. The van der Waals surface area contributed by atoms with Crippen LogP contribution in [0.15, 0.2) is 24.3 Å². The van der Waals surface area contributed by atoms with Crippen molar-refractivity contribution in [2.45, 2.75) is 57.2 Å². The first-order valence-electron chi connectivity index (χ1n) is 10.1. The van der Waals surface area contributed by atoms with Crippen molar-refractivity contribution in [3.63, 3.8) is 0 Å². The fraction of sp³-hybridized carbons (Fsp3) is 0.524. The van der Waals surface area contributed by atoms with Gasteiger partial charge < -0.3 is 20.1 Å². The predicted molar refractivity (Wildman–Crippen MR) is 106 cm³/mol. The number of nitrogens with one attached hydrogen (secondary N) is 2. The van der Waals surface area contributed by atoms with Crippen molar-refractivity contribution in [2.75, 3.05) is 13.7 Å². The molecule has 0 bridgehead atoms. The van der Waals surface area contributed by atoms with Crippen molar-refractivity contribution in [2.24, 2.45) is 0 Å². The normalized spacial score (nSPS) is 18.3. The highest BCUT2D eigenvalue weighted by Crippen LogP contribution is 2.35. The lowest BCUT2D eigenvalue weighted by molar-refractivity contribution is -0.155. The Balaban J connectivity index is 1.42. The molecule has 1 aromatic rings. The number of urea groups is 1. The van der Waals surface area contributed by atoms with Gasteiger partial charge in [-0.05, 0) is 37.5 Å². The summed E-state index contributed by atoms with van der Waals surface area (Å²) < 4.78 is 10.2. The Kier molecular flexibility index (Phi) is 6.59.